The molecule has 0 atom stereocenters. The second-order valence-corrected chi connectivity index (χ2v) is 3.16. The molecule has 0 saturated carbocycles. The van der Waals surface area contributed by atoms with Crippen molar-refractivity contribution in [3.63, 3.8) is 0 Å². The minimum absolute atomic E-state index is 0.590. The first-order valence-electron chi connectivity index (χ1n) is 3.21. The van der Waals surface area contributed by atoms with Crippen molar-refractivity contribution in [2.24, 2.45) is 0 Å². The molecule has 0 N–H and O–H groups in total. The molecule has 0 aliphatic rings. The van der Waals surface area contributed by atoms with Crippen LogP contribution < -0.4 is 0 Å². The van der Waals surface area contributed by atoms with Crippen LogP contribution in [0.1, 0.15) is 0 Å². The molecular formula is C8H5BrFN. The van der Waals surface area contributed by atoms with Gasteiger partial charge in [0.05, 0.1) is 5.52 Å². The Morgan fingerprint density at radius 3 is 2.82 bits per heavy atom. The third-order valence-corrected chi connectivity index (χ3v) is 2.26. The first-order chi connectivity index (χ1) is 5.29. The van der Waals surface area contributed by atoms with Gasteiger partial charge in [0, 0.05) is 16.1 Å². The van der Waals surface area contributed by atoms with E-state index in [9.17, 15) is 4.48 Å². The number of hydrogen-bond acceptors (Lipinski definition) is 0. The molecular weight excluding hydrogens is 209 g/mol. The summed E-state index contributed by atoms with van der Waals surface area (Å²) >= 11 is 3.27. The summed E-state index contributed by atoms with van der Waals surface area (Å²) in [6.07, 6.45) is 1.40. The summed E-state index contributed by atoms with van der Waals surface area (Å²) in [6.45, 7) is 0. The van der Waals surface area contributed by atoms with Gasteiger partial charge in [0.15, 0.2) is 0 Å². The predicted molar refractivity (Wildman–Crippen MR) is 46.1 cm³/mol. The number of fused-ring (bicyclic) bond motifs is 1. The Labute approximate surface area is 71.5 Å². The van der Waals surface area contributed by atoms with Gasteiger partial charge in [-0.15, -0.1) is 0 Å². The molecule has 0 spiro atoms. The Bertz CT molecular complexity index is 394. The van der Waals surface area contributed by atoms with E-state index < -0.39 is 0 Å². The minimum Gasteiger partial charge on any atom is -0.185 e. The van der Waals surface area contributed by atoms with Crippen LogP contribution in [0.5, 0.6) is 0 Å². The van der Waals surface area contributed by atoms with Gasteiger partial charge in [0.2, 0.25) is 0 Å². The predicted octanol–water partition coefficient (Wildman–Crippen LogP) is 3.14. The van der Waals surface area contributed by atoms with E-state index in [0.29, 0.717) is 10.3 Å². The molecule has 0 radical (unpaired) electrons. The zero-order valence-corrected chi connectivity index (χ0v) is 7.18. The quantitative estimate of drug-likeness (QED) is 0.634. The lowest BCUT2D eigenvalue weighted by Crippen LogP contribution is -1.78. The van der Waals surface area contributed by atoms with Gasteiger partial charge in [0.25, 0.3) is 0 Å². The second kappa shape index (κ2) is 2.34. The van der Waals surface area contributed by atoms with E-state index in [1.54, 1.807) is 6.07 Å². The molecule has 0 aliphatic carbocycles. The molecule has 0 bridgehead atoms. The average Bonchev–Trinajstić information content (AvgIpc) is 2.34. The van der Waals surface area contributed by atoms with Crippen molar-refractivity contribution in [2.45, 2.75) is 0 Å². The topological polar surface area (TPSA) is 4.93 Å². The van der Waals surface area contributed by atoms with Crippen LogP contribution in [0.2, 0.25) is 0 Å². The Kier molecular flexibility index (Phi) is 1.46. The number of hydrogen-bond donors (Lipinski definition) is 0. The van der Waals surface area contributed by atoms with Crippen LogP contribution >= 0.6 is 15.9 Å². The van der Waals surface area contributed by atoms with E-state index in [1.807, 2.05) is 18.2 Å². The molecule has 0 unspecified atom stereocenters. The van der Waals surface area contributed by atoms with Crippen molar-refractivity contribution in [1.82, 2.24) is 4.79 Å². The van der Waals surface area contributed by atoms with Gasteiger partial charge in [-0.3, -0.25) is 0 Å². The number of rotatable bonds is 0. The van der Waals surface area contributed by atoms with Crippen LogP contribution in [0.15, 0.2) is 34.9 Å². The summed E-state index contributed by atoms with van der Waals surface area (Å²) in [6, 6.07) is 7.31. The monoisotopic (exact) mass is 213 g/mol. The van der Waals surface area contributed by atoms with Gasteiger partial charge in [-0.1, -0.05) is 16.6 Å². The van der Waals surface area contributed by atoms with Crippen molar-refractivity contribution >= 4 is 26.8 Å². The standard InChI is InChI=1S/C8H5BrFN/c9-7-3-1-2-6-4-5-11(10)8(6)7/h1-5H. The van der Waals surface area contributed by atoms with Crippen molar-refractivity contribution in [1.29, 1.82) is 0 Å². The maximum Gasteiger partial charge on any atom is 0.0954 e. The molecule has 2 rings (SSSR count). The summed E-state index contributed by atoms with van der Waals surface area (Å²) in [5, 5.41) is 0.905. The van der Waals surface area contributed by atoms with Gasteiger partial charge < -0.3 is 0 Å². The Hall–Kier alpha value is -0.830. The highest BCUT2D eigenvalue weighted by atomic mass is 79.9. The van der Waals surface area contributed by atoms with Crippen LogP contribution in [-0.4, -0.2) is 4.79 Å². The highest BCUT2D eigenvalue weighted by Gasteiger charge is 2.02. The van der Waals surface area contributed by atoms with Crippen LogP contribution in [0.3, 0.4) is 0 Å². The smallest absolute Gasteiger partial charge is 0.0954 e. The molecule has 1 aromatic carbocycles. The lowest BCUT2D eigenvalue weighted by molar-refractivity contribution is 0.387. The number of halogens is 2. The highest BCUT2D eigenvalue weighted by Crippen LogP contribution is 2.24. The molecule has 2 aromatic rings. The van der Waals surface area contributed by atoms with Gasteiger partial charge in [-0.2, -0.15) is 4.79 Å². The van der Waals surface area contributed by atoms with Gasteiger partial charge in [0.1, 0.15) is 0 Å². The van der Waals surface area contributed by atoms with E-state index in [-0.39, 0.29) is 0 Å². The fraction of sp³-hybridized carbons (Fsp3) is 0. The number of aromatic nitrogens is 1. The summed E-state index contributed by atoms with van der Waals surface area (Å²) in [4.78, 5) is 0.611. The van der Waals surface area contributed by atoms with E-state index in [4.69, 9.17) is 0 Å². The first-order valence-corrected chi connectivity index (χ1v) is 4.00. The Morgan fingerprint density at radius 2 is 2.09 bits per heavy atom. The fourth-order valence-corrected chi connectivity index (χ4v) is 1.66. The molecule has 11 heavy (non-hydrogen) atoms. The van der Waals surface area contributed by atoms with Crippen LogP contribution in [0.25, 0.3) is 10.9 Å². The van der Waals surface area contributed by atoms with Gasteiger partial charge in [-0.05, 0) is 28.1 Å². The Balaban J connectivity index is 2.96. The maximum absolute atomic E-state index is 12.9. The maximum atomic E-state index is 12.9. The van der Waals surface area contributed by atoms with E-state index in [0.717, 1.165) is 9.86 Å². The molecule has 1 heterocycles. The first kappa shape index (κ1) is 6.85. The molecule has 1 nitrogen and oxygen atoms in total. The number of nitrogens with zero attached hydrogens (tertiary/aromatic N) is 1. The van der Waals surface area contributed by atoms with Gasteiger partial charge >= 0.3 is 0 Å². The minimum atomic E-state index is 0.590. The molecule has 1 aromatic heterocycles. The molecule has 56 valence electrons. The normalized spacial score (nSPS) is 10.7. The third kappa shape index (κ3) is 0.959. The summed E-state index contributed by atoms with van der Waals surface area (Å²) in [7, 11) is 0. The molecule has 0 amide bonds. The zero-order chi connectivity index (χ0) is 7.84. The Morgan fingerprint density at radius 1 is 1.27 bits per heavy atom. The average molecular weight is 214 g/mol. The lowest BCUT2D eigenvalue weighted by atomic mass is 10.3. The van der Waals surface area contributed by atoms with Crippen molar-refractivity contribution in [2.75, 3.05) is 0 Å². The highest BCUT2D eigenvalue weighted by molar-refractivity contribution is 9.10. The molecule has 0 fully saturated rings. The van der Waals surface area contributed by atoms with E-state index >= 15 is 0 Å². The SMILES string of the molecule is Fn1ccc2cccc(Br)c21. The van der Waals surface area contributed by atoms with Crippen molar-refractivity contribution in [3.8, 4) is 0 Å². The van der Waals surface area contributed by atoms with E-state index in [1.165, 1.54) is 6.20 Å². The van der Waals surface area contributed by atoms with E-state index in [2.05, 4.69) is 15.9 Å². The molecule has 0 aliphatic heterocycles. The second-order valence-electron chi connectivity index (χ2n) is 2.30. The number of para-hydroxylation sites is 1. The van der Waals surface area contributed by atoms with Crippen molar-refractivity contribution < 1.29 is 4.48 Å². The van der Waals surface area contributed by atoms with Crippen LogP contribution in [-0.2, 0) is 0 Å². The number of benzene rings is 1. The lowest BCUT2D eigenvalue weighted by Gasteiger charge is -1.93. The summed E-state index contributed by atoms with van der Waals surface area (Å²) < 4.78 is 13.7. The fourth-order valence-electron chi connectivity index (χ4n) is 1.11. The largest absolute Gasteiger partial charge is 0.185 e. The zero-order valence-electron chi connectivity index (χ0n) is 5.59. The van der Waals surface area contributed by atoms with Crippen molar-refractivity contribution in [3.05, 3.63) is 34.9 Å². The summed E-state index contributed by atoms with van der Waals surface area (Å²) in [5.41, 5.74) is 0.590. The third-order valence-electron chi connectivity index (χ3n) is 1.62. The van der Waals surface area contributed by atoms with Crippen LogP contribution in [0.4, 0.5) is 4.48 Å². The molecule has 3 heteroatoms. The summed E-state index contributed by atoms with van der Waals surface area (Å²) in [5.74, 6) is 0. The molecule has 0 saturated heterocycles. The van der Waals surface area contributed by atoms with Crippen LogP contribution in [0, 0.1) is 0 Å². The van der Waals surface area contributed by atoms with Gasteiger partial charge in [-0.25, -0.2) is 0 Å².